The summed E-state index contributed by atoms with van der Waals surface area (Å²) in [6.45, 7) is 3.60. The van der Waals surface area contributed by atoms with Crippen molar-refractivity contribution < 1.29 is 19.2 Å². The Morgan fingerprint density at radius 1 is 1.10 bits per heavy atom. The van der Waals surface area contributed by atoms with Gasteiger partial charge in [0.25, 0.3) is 5.91 Å². The van der Waals surface area contributed by atoms with E-state index in [1.807, 2.05) is 0 Å². The van der Waals surface area contributed by atoms with Crippen molar-refractivity contribution in [1.29, 1.82) is 0 Å². The summed E-state index contributed by atoms with van der Waals surface area (Å²) >= 11 is 3.25. The van der Waals surface area contributed by atoms with Gasteiger partial charge in [0.1, 0.15) is 0 Å². The molecule has 0 atom stereocenters. The average Bonchev–Trinajstić information content (AvgIpc) is 2.57. The fourth-order valence-electron chi connectivity index (χ4n) is 2.64. The molecule has 0 saturated heterocycles. The molecule has 0 fully saturated rings. The van der Waals surface area contributed by atoms with Gasteiger partial charge >= 0.3 is 0 Å². The first kappa shape index (κ1) is 14.6. The molecule has 1 aromatic carbocycles. The van der Waals surface area contributed by atoms with Crippen LogP contribution in [0.4, 0.5) is 5.69 Å². The van der Waals surface area contributed by atoms with Crippen LogP contribution in [0.3, 0.4) is 0 Å². The predicted molar refractivity (Wildman–Crippen MR) is 75.3 cm³/mol. The van der Waals surface area contributed by atoms with Gasteiger partial charge in [0.15, 0.2) is 17.0 Å². The van der Waals surface area contributed by atoms with E-state index in [0.717, 1.165) is 4.90 Å². The molecule has 0 saturated carbocycles. The highest BCUT2D eigenvalue weighted by Gasteiger charge is 2.59. The third-order valence-corrected chi connectivity index (χ3v) is 3.99. The molecule has 1 aliphatic heterocycles. The zero-order valence-corrected chi connectivity index (χ0v) is 12.8. The molecule has 2 amide bonds. The number of hydrogen-bond donors (Lipinski definition) is 0. The van der Waals surface area contributed by atoms with Gasteiger partial charge < -0.3 is 0 Å². The van der Waals surface area contributed by atoms with Crippen molar-refractivity contribution in [2.45, 2.75) is 26.2 Å². The SMILES string of the molecule is CC(=O)N1C(=O)C(C(C)=O)(C(C)=O)c2cc(Br)ccc21. The van der Waals surface area contributed by atoms with Gasteiger partial charge in [-0.05, 0) is 32.0 Å². The lowest BCUT2D eigenvalue weighted by molar-refractivity contribution is -0.140. The summed E-state index contributed by atoms with van der Waals surface area (Å²) in [4.78, 5) is 49.3. The van der Waals surface area contributed by atoms with Gasteiger partial charge in [-0.15, -0.1) is 0 Å². The maximum Gasteiger partial charge on any atom is 0.259 e. The summed E-state index contributed by atoms with van der Waals surface area (Å²) in [6, 6.07) is 4.74. The molecular weight excluding hydrogens is 326 g/mol. The number of rotatable bonds is 2. The Hall–Kier alpha value is -1.82. The van der Waals surface area contributed by atoms with Crippen molar-refractivity contribution >= 4 is 45.0 Å². The van der Waals surface area contributed by atoms with Crippen LogP contribution in [0.25, 0.3) is 0 Å². The molecule has 0 aromatic heterocycles. The van der Waals surface area contributed by atoms with Crippen molar-refractivity contribution in [3.8, 4) is 0 Å². The number of benzene rings is 1. The largest absolute Gasteiger partial charge is 0.298 e. The summed E-state index contributed by atoms with van der Waals surface area (Å²) in [5, 5.41) is 0. The maximum atomic E-state index is 12.6. The summed E-state index contributed by atoms with van der Waals surface area (Å²) in [5.74, 6) is -2.49. The fraction of sp³-hybridized carbons (Fsp3) is 0.286. The molecule has 1 aliphatic rings. The minimum atomic E-state index is -1.91. The Bertz CT molecular complexity index is 651. The average molecular weight is 338 g/mol. The number of ketones is 2. The number of carbonyl (C=O) groups is 4. The molecular formula is C14H12BrNO4. The first-order chi connectivity index (χ1) is 9.24. The Kier molecular flexibility index (Phi) is 3.37. The molecule has 6 heteroatoms. The lowest BCUT2D eigenvalue weighted by atomic mass is 9.75. The number of amides is 2. The Balaban J connectivity index is 2.89. The monoisotopic (exact) mass is 337 g/mol. The summed E-state index contributed by atoms with van der Waals surface area (Å²) < 4.78 is 0.626. The van der Waals surface area contributed by atoms with E-state index in [0.29, 0.717) is 4.47 Å². The van der Waals surface area contributed by atoms with E-state index in [9.17, 15) is 19.2 Å². The second-order valence-corrected chi connectivity index (χ2v) is 5.60. The van der Waals surface area contributed by atoms with Crippen LogP contribution < -0.4 is 4.90 Å². The Morgan fingerprint density at radius 3 is 2.10 bits per heavy atom. The standard InChI is InChI=1S/C14H12BrNO4/c1-7(17)14(8(2)18)11-6-10(15)4-5-12(11)16(9(3)19)13(14)20/h4-6H,1-3H3. The summed E-state index contributed by atoms with van der Waals surface area (Å²) in [5.41, 5.74) is -1.37. The van der Waals surface area contributed by atoms with E-state index in [4.69, 9.17) is 0 Å². The van der Waals surface area contributed by atoms with E-state index in [-0.39, 0.29) is 11.3 Å². The molecule has 104 valence electrons. The molecule has 0 spiro atoms. The quantitative estimate of drug-likeness (QED) is 0.771. The van der Waals surface area contributed by atoms with E-state index in [1.54, 1.807) is 18.2 Å². The van der Waals surface area contributed by atoms with Crippen molar-refractivity contribution in [1.82, 2.24) is 0 Å². The molecule has 0 unspecified atom stereocenters. The van der Waals surface area contributed by atoms with E-state index < -0.39 is 28.8 Å². The van der Waals surface area contributed by atoms with Crippen LogP contribution in [0.15, 0.2) is 22.7 Å². The number of nitrogens with zero attached hydrogens (tertiary/aromatic N) is 1. The van der Waals surface area contributed by atoms with Crippen LogP contribution in [0, 0.1) is 0 Å². The lowest BCUT2D eigenvalue weighted by Crippen LogP contribution is -2.51. The second-order valence-electron chi connectivity index (χ2n) is 4.68. The molecule has 0 N–H and O–H groups in total. The van der Waals surface area contributed by atoms with Crippen molar-refractivity contribution in [3.63, 3.8) is 0 Å². The van der Waals surface area contributed by atoms with Gasteiger partial charge in [-0.1, -0.05) is 15.9 Å². The van der Waals surface area contributed by atoms with Gasteiger partial charge in [0.2, 0.25) is 5.91 Å². The number of anilines is 1. The van der Waals surface area contributed by atoms with Crippen LogP contribution in [0.2, 0.25) is 0 Å². The highest BCUT2D eigenvalue weighted by atomic mass is 79.9. The predicted octanol–water partition coefficient (Wildman–Crippen LogP) is 1.76. The topological polar surface area (TPSA) is 71.5 Å². The van der Waals surface area contributed by atoms with Gasteiger partial charge in [0, 0.05) is 17.0 Å². The maximum absolute atomic E-state index is 12.6. The zero-order chi connectivity index (χ0) is 15.2. The molecule has 0 aliphatic carbocycles. The molecule has 0 radical (unpaired) electrons. The molecule has 5 nitrogen and oxygen atoms in total. The Labute approximate surface area is 124 Å². The van der Waals surface area contributed by atoms with Crippen molar-refractivity contribution in [2.75, 3.05) is 4.90 Å². The fourth-order valence-corrected chi connectivity index (χ4v) is 3.00. The first-order valence-electron chi connectivity index (χ1n) is 5.91. The number of Topliss-reactive ketones (excluding diaryl/α,β-unsaturated/α-hetero) is 2. The molecule has 0 bridgehead atoms. The highest BCUT2D eigenvalue weighted by molar-refractivity contribution is 9.10. The summed E-state index contributed by atoms with van der Waals surface area (Å²) in [6.07, 6.45) is 0. The van der Waals surface area contributed by atoms with Crippen LogP contribution in [-0.2, 0) is 24.6 Å². The van der Waals surface area contributed by atoms with Gasteiger partial charge in [-0.25, -0.2) is 4.90 Å². The third kappa shape index (κ3) is 1.67. The van der Waals surface area contributed by atoms with E-state index >= 15 is 0 Å². The minimum absolute atomic E-state index is 0.257. The van der Waals surface area contributed by atoms with Crippen LogP contribution in [0.5, 0.6) is 0 Å². The number of hydrogen-bond acceptors (Lipinski definition) is 4. The number of halogens is 1. The lowest BCUT2D eigenvalue weighted by Gasteiger charge is -2.22. The smallest absolute Gasteiger partial charge is 0.259 e. The molecule has 20 heavy (non-hydrogen) atoms. The van der Waals surface area contributed by atoms with E-state index in [2.05, 4.69) is 15.9 Å². The van der Waals surface area contributed by atoms with Crippen LogP contribution >= 0.6 is 15.9 Å². The van der Waals surface area contributed by atoms with Gasteiger partial charge in [0.05, 0.1) is 5.69 Å². The third-order valence-electron chi connectivity index (χ3n) is 3.50. The number of imide groups is 1. The molecule has 1 aromatic rings. The van der Waals surface area contributed by atoms with Gasteiger partial charge in [-0.2, -0.15) is 0 Å². The molecule has 2 rings (SSSR count). The number of carbonyl (C=O) groups excluding carboxylic acids is 4. The second kappa shape index (κ2) is 4.63. The summed E-state index contributed by atoms with van der Waals surface area (Å²) in [7, 11) is 0. The molecule has 1 heterocycles. The van der Waals surface area contributed by atoms with Crippen molar-refractivity contribution in [3.05, 3.63) is 28.2 Å². The zero-order valence-electron chi connectivity index (χ0n) is 11.2. The normalized spacial score (nSPS) is 16.0. The van der Waals surface area contributed by atoms with Crippen LogP contribution in [0.1, 0.15) is 26.3 Å². The highest BCUT2D eigenvalue weighted by Crippen LogP contribution is 2.44. The van der Waals surface area contributed by atoms with E-state index in [1.165, 1.54) is 20.8 Å². The van der Waals surface area contributed by atoms with Crippen LogP contribution in [-0.4, -0.2) is 23.4 Å². The first-order valence-corrected chi connectivity index (χ1v) is 6.71. The Morgan fingerprint density at radius 2 is 1.65 bits per heavy atom. The minimum Gasteiger partial charge on any atom is -0.298 e. The van der Waals surface area contributed by atoms with Crippen molar-refractivity contribution in [2.24, 2.45) is 0 Å². The number of fused-ring (bicyclic) bond motifs is 1. The van der Waals surface area contributed by atoms with Gasteiger partial charge in [-0.3, -0.25) is 19.2 Å².